The van der Waals surface area contributed by atoms with Crippen LogP contribution in [0.15, 0.2) is 36.9 Å². The van der Waals surface area contributed by atoms with Crippen LogP contribution in [0.3, 0.4) is 0 Å². The minimum Gasteiger partial charge on any atom is -0.394 e. The number of carbonyl (C=O) groups is 1. The highest BCUT2D eigenvalue weighted by Crippen LogP contribution is 2.38. The Labute approximate surface area is 158 Å². The average molecular weight is 386 g/mol. The molecule has 0 aliphatic carbocycles. The number of aromatic amines is 1. The predicted octanol–water partition coefficient (Wildman–Crippen LogP) is 2.22. The third kappa shape index (κ3) is 3.18. The van der Waals surface area contributed by atoms with Gasteiger partial charge in [-0.3, -0.25) is 14.5 Å². The summed E-state index contributed by atoms with van der Waals surface area (Å²) in [5.41, 5.74) is 3.08. The van der Waals surface area contributed by atoms with Gasteiger partial charge < -0.3 is 10.4 Å². The van der Waals surface area contributed by atoms with E-state index in [1.807, 2.05) is 10.8 Å². The molecule has 10 heteroatoms. The summed E-state index contributed by atoms with van der Waals surface area (Å²) in [5, 5.41) is 28.2. The molecule has 0 saturated heterocycles. The normalized spacial score (nSPS) is 11.2. The maximum atomic E-state index is 11.7. The van der Waals surface area contributed by atoms with Gasteiger partial charge in [0.25, 0.3) is 0 Å². The van der Waals surface area contributed by atoms with E-state index in [1.165, 1.54) is 6.92 Å². The standard InChI is InChI=1S/C17H16ClN7O2/c1-10(27)21-14-4-12(18)5-15-17(14)13(11-6-19-20-7-11)8-25(15)16-9-24(2-3-26)23-22-16/h4-9,26H,2-3H2,1H3,(H,19,20)(H,21,27). The minimum atomic E-state index is -0.196. The van der Waals surface area contributed by atoms with Crippen molar-refractivity contribution in [2.75, 3.05) is 11.9 Å². The Hall–Kier alpha value is -3.17. The molecule has 27 heavy (non-hydrogen) atoms. The zero-order valence-electron chi connectivity index (χ0n) is 14.3. The number of fused-ring (bicyclic) bond motifs is 1. The van der Waals surface area contributed by atoms with Gasteiger partial charge in [-0.1, -0.05) is 16.8 Å². The predicted molar refractivity (Wildman–Crippen MR) is 101 cm³/mol. The highest BCUT2D eigenvalue weighted by Gasteiger charge is 2.19. The summed E-state index contributed by atoms with van der Waals surface area (Å²) in [6.07, 6.45) is 7.10. The summed E-state index contributed by atoms with van der Waals surface area (Å²) in [7, 11) is 0. The molecule has 3 aromatic heterocycles. The molecule has 0 unspecified atom stereocenters. The van der Waals surface area contributed by atoms with E-state index < -0.39 is 0 Å². The molecule has 0 fully saturated rings. The molecule has 1 aromatic carbocycles. The van der Waals surface area contributed by atoms with Gasteiger partial charge in [-0.25, -0.2) is 4.68 Å². The van der Waals surface area contributed by atoms with Crippen LogP contribution in [0.4, 0.5) is 5.69 Å². The van der Waals surface area contributed by atoms with E-state index in [0.29, 0.717) is 23.1 Å². The first-order valence-electron chi connectivity index (χ1n) is 8.19. The number of nitrogens with one attached hydrogen (secondary N) is 2. The quantitative estimate of drug-likeness (QED) is 0.487. The number of H-pyrrole nitrogens is 1. The fourth-order valence-corrected chi connectivity index (χ4v) is 3.25. The maximum Gasteiger partial charge on any atom is 0.221 e. The van der Waals surface area contributed by atoms with E-state index in [1.54, 1.807) is 35.4 Å². The van der Waals surface area contributed by atoms with Gasteiger partial charge in [0.1, 0.15) is 0 Å². The molecule has 4 aromatic rings. The lowest BCUT2D eigenvalue weighted by atomic mass is 10.1. The Morgan fingerprint density at radius 1 is 1.37 bits per heavy atom. The van der Waals surface area contributed by atoms with Crippen molar-refractivity contribution in [3.63, 3.8) is 0 Å². The number of nitrogens with zero attached hydrogens (tertiary/aromatic N) is 5. The van der Waals surface area contributed by atoms with Crippen molar-refractivity contribution in [2.45, 2.75) is 13.5 Å². The van der Waals surface area contributed by atoms with E-state index in [2.05, 4.69) is 25.8 Å². The van der Waals surface area contributed by atoms with E-state index in [-0.39, 0.29) is 12.5 Å². The number of halogens is 1. The molecule has 0 saturated carbocycles. The molecule has 9 nitrogen and oxygen atoms in total. The molecule has 0 atom stereocenters. The molecule has 0 aliphatic rings. The minimum absolute atomic E-state index is 0.0337. The van der Waals surface area contributed by atoms with Crippen LogP contribution in [0, 0.1) is 0 Å². The second kappa shape index (κ2) is 6.86. The molecule has 4 rings (SSSR count). The molecule has 138 valence electrons. The Balaban J connectivity index is 1.99. The van der Waals surface area contributed by atoms with E-state index in [0.717, 1.165) is 22.0 Å². The van der Waals surface area contributed by atoms with Crippen molar-refractivity contribution < 1.29 is 9.90 Å². The van der Waals surface area contributed by atoms with Crippen LogP contribution in [0.1, 0.15) is 6.92 Å². The Kier molecular flexibility index (Phi) is 4.38. The fraction of sp³-hybridized carbons (Fsp3) is 0.176. The van der Waals surface area contributed by atoms with Crippen molar-refractivity contribution >= 4 is 34.1 Å². The van der Waals surface area contributed by atoms with Gasteiger partial charge >= 0.3 is 0 Å². The number of rotatable bonds is 5. The number of aromatic nitrogens is 6. The lowest BCUT2D eigenvalue weighted by molar-refractivity contribution is -0.114. The van der Waals surface area contributed by atoms with Gasteiger partial charge in [-0.05, 0) is 12.1 Å². The first-order chi connectivity index (χ1) is 13.1. The van der Waals surface area contributed by atoms with E-state index in [4.69, 9.17) is 16.7 Å². The van der Waals surface area contributed by atoms with Gasteiger partial charge in [-0.2, -0.15) is 5.10 Å². The van der Waals surface area contributed by atoms with Crippen molar-refractivity contribution in [1.29, 1.82) is 0 Å². The molecular formula is C17H16ClN7O2. The fourth-order valence-electron chi connectivity index (χ4n) is 3.03. The molecule has 3 N–H and O–H groups in total. The number of carbonyl (C=O) groups excluding carboxylic acids is 1. The second-order valence-electron chi connectivity index (χ2n) is 5.99. The second-order valence-corrected chi connectivity index (χ2v) is 6.43. The summed E-state index contributed by atoms with van der Waals surface area (Å²) in [6.45, 7) is 1.76. The molecule has 0 radical (unpaired) electrons. The number of aliphatic hydroxyl groups is 1. The summed E-state index contributed by atoms with van der Waals surface area (Å²) >= 11 is 6.30. The number of hydrogen-bond donors (Lipinski definition) is 3. The topological polar surface area (TPSA) is 114 Å². The summed E-state index contributed by atoms with van der Waals surface area (Å²) in [6, 6.07) is 3.51. The molecule has 3 heterocycles. The molecule has 0 aliphatic heterocycles. The van der Waals surface area contributed by atoms with E-state index >= 15 is 0 Å². The van der Waals surface area contributed by atoms with Crippen LogP contribution in [0.25, 0.3) is 27.8 Å². The van der Waals surface area contributed by atoms with Crippen LogP contribution < -0.4 is 5.32 Å². The van der Waals surface area contributed by atoms with Crippen LogP contribution in [-0.2, 0) is 11.3 Å². The zero-order chi connectivity index (χ0) is 19.0. The number of amides is 1. The number of hydrogen-bond acceptors (Lipinski definition) is 5. The largest absolute Gasteiger partial charge is 0.394 e. The molecule has 1 amide bonds. The van der Waals surface area contributed by atoms with Gasteiger partial charge in [0.15, 0.2) is 5.82 Å². The lowest BCUT2D eigenvalue weighted by Crippen LogP contribution is -2.06. The summed E-state index contributed by atoms with van der Waals surface area (Å²) < 4.78 is 3.40. The van der Waals surface area contributed by atoms with Crippen molar-refractivity contribution in [1.82, 2.24) is 29.8 Å². The molecule has 0 bridgehead atoms. The van der Waals surface area contributed by atoms with Gasteiger partial charge in [0.05, 0.1) is 36.7 Å². The van der Waals surface area contributed by atoms with Crippen LogP contribution >= 0.6 is 11.6 Å². The zero-order valence-corrected chi connectivity index (χ0v) is 15.1. The number of aliphatic hydroxyl groups excluding tert-OH is 1. The Bertz CT molecular complexity index is 1110. The first kappa shape index (κ1) is 17.3. The monoisotopic (exact) mass is 385 g/mol. The Morgan fingerprint density at radius 3 is 2.93 bits per heavy atom. The van der Waals surface area contributed by atoms with Crippen molar-refractivity contribution in [3.8, 4) is 16.9 Å². The molecular weight excluding hydrogens is 370 g/mol. The maximum absolute atomic E-state index is 11.7. The number of anilines is 1. The van der Waals surface area contributed by atoms with Crippen LogP contribution in [-0.4, -0.2) is 47.4 Å². The van der Waals surface area contributed by atoms with Gasteiger partial charge in [0, 0.05) is 40.9 Å². The lowest BCUT2D eigenvalue weighted by Gasteiger charge is -2.08. The van der Waals surface area contributed by atoms with Crippen molar-refractivity contribution in [3.05, 3.63) is 41.9 Å². The number of benzene rings is 1. The van der Waals surface area contributed by atoms with Gasteiger partial charge in [0.2, 0.25) is 5.91 Å². The molecule has 0 spiro atoms. The summed E-state index contributed by atoms with van der Waals surface area (Å²) in [4.78, 5) is 11.7. The first-order valence-corrected chi connectivity index (χ1v) is 8.57. The van der Waals surface area contributed by atoms with Crippen molar-refractivity contribution in [2.24, 2.45) is 0 Å². The smallest absolute Gasteiger partial charge is 0.221 e. The average Bonchev–Trinajstić information content (AvgIpc) is 3.32. The van der Waals surface area contributed by atoms with Gasteiger partial charge in [-0.15, -0.1) is 5.10 Å². The Morgan fingerprint density at radius 2 is 2.22 bits per heavy atom. The third-order valence-corrected chi connectivity index (χ3v) is 4.31. The van der Waals surface area contributed by atoms with Crippen LogP contribution in [0.2, 0.25) is 5.02 Å². The highest BCUT2D eigenvalue weighted by atomic mass is 35.5. The van der Waals surface area contributed by atoms with Crippen LogP contribution in [0.5, 0.6) is 0 Å². The highest BCUT2D eigenvalue weighted by molar-refractivity contribution is 6.32. The summed E-state index contributed by atoms with van der Waals surface area (Å²) in [5.74, 6) is 0.373. The third-order valence-electron chi connectivity index (χ3n) is 4.09. The SMILES string of the molecule is CC(=O)Nc1cc(Cl)cc2c1c(-c1cn[nH]c1)cn2-c1cn(CCO)nn1. The van der Waals surface area contributed by atoms with E-state index in [9.17, 15) is 4.79 Å².